The van der Waals surface area contributed by atoms with E-state index in [4.69, 9.17) is 4.74 Å². The van der Waals surface area contributed by atoms with E-state index in [1.807, 2.05) is 25.4 Å². The number of pyridine rings is 2. The fourth-order valence-electron chi connectivity index (χ4n) is 2.68. The molecule has 0 aliphatic heterocycles. The monoisotopic (exact) mass is 371 g/mol. The Morgan fingerprint density at radius 2 is 1.82 bits per heavy atom. The summed E-state index contributed by atoms with van der Waals surface area (Å²) in [7, 11) is 1.84. The van der Waals surface area contributed by atoms with Gasteiger partial charge in [0.2, 0.25) is 0 Å². The summed E-state index contributed by atoms with van der Waals surface area (Å²) in [4.78, 5) is 20.8. The highest BCUT2D eigenvalue weighted by Gasteiger charge is 2.10. The molecule has 4 rings (SSSR count). The van der Waals surface area contributed by atoms with Crippen LogP contribution in [0.5, 0.6) is 11.5 Å². The Balaban J connectivity index is 1.50. The van der Waals surface area contributed by atoms with E-state index < -0.39 is 0 Å². The molecule has 1 aromatic carbocycles. The summed E-state index contributed by atoms with van der Waals surface area (Å²) in [5, 5.41) is 7.03. The van der Waals surface area contributed by atoms with Gasteiger partial charge in [-0.25, -0.2) is 0 Å². The van der Waals surface area contributed by atoms with Crippen LogP contribution < -0.4 is 10.1 Å². The van der Waals surface area contributed by atoms with Crippen LogP contribution in [-0.2, 0) is 7.05 Å². The summed E-state index contributed by atoms with van der Waals surface area (Å²) < 4.78 is 7.48. The van der Waals surface area contributed by atoms with Crippen molar-refractivity contribution in [1.29, 1.82) is 0 Å². The minimum atomic E-state index is -0.251. The Labute approximate surface area is 161 Å². The summed E-state index contributed by atoms with van der Waals surface area (Å²) in [6.07, 6.45) is 10.2. The van der Waals surface area contributed by atoms with E-state index in [0.29, 0.717) is 22.7 Å². The normalized spacial score (nSPS) is 10.5. The van der Waals surface area contributed by atoms with Gasteiger partial charge in [-0.2, -0.15) is 5.10 Å². The van der Waals surface area contributed by atoms with Crippen LogP contribution >= 0.6 is 0 Å². The Morgan fingerprint density at radius 3 is 2.61 bits per heavy atom. The molecule has 0 bridgehead atoms. The first-order valence-electron chi connectivity index (χ1n) is 8.61. The maximum absolute atomic E-state index is 12.7. The van der Waals surface area contributed by atoms with Gasteiger partial charge in [0.05, 0.1) is 11.8 Å². The molecule has 0 spiro atoms. The molecule has 0 aliphatic rings. The van der Waals surface area contributed by atoms with E-state index in [1.54, 1.807) is 59.8 Å². The van der Waals surface area contributed by atoms with Crippen molar-refractivity contribution in [1.82, 2.24) is 19.7 Å². The number of hydrogen-bond donors (Lipinski definition) is 1. The van der Waals surface area contributed by atoms with Crippen molar-refractivity contribution in [3.05, 3.63) is 85.2 Å². The lowest BCUT2D eigenvalue weighted by Crippen LogP contribution is -2.12. The Bertz CT molecular complexity index is 1110. The lowest BCUT2D eigenvalue weighted by Gasteiger charge is -2.09. The van der Waals surface area contributed by atoms with Gasteiger partial charge in [0.15, 0.2) is 0 Å². The molecule has 0 atom stereocenters. The van der Waals surface area contributed by atoms with Crippen molar-refractivity contribution >= 4 is 11.6 Å². The molecule has 3 heterocycles. The fourth-order valence-corrected chi connectivity index (χ4v) is 2.68. The number of rotatable bonds is 5. The molecule has 28 heavy (non-hydrogen) atoms. The number of benzene rings is 1. The van der Waals surface area contributed by atoms with Gasteiger partial charge in [-0.1, -0.05) is 6.07 Å². The topological polar surface area (TPSA) is 81.9 Å². The maximum atomic E-state index is 12.7. The minimum Gasteiger partial charge on any atom is -0.457 e. The minimum absolute atomic E-state index is 0.251. The van der Waals surface area contributed by atoms with E-state index >= 15 is 0 Å². The number of carbonyl (C=O) groups is 1. The molecular formula is C21H17N5O2. The Hall–Kier alpha value is -4.00. The van der Waals surface area contributed by atoms with Gasteiger partial charge >= 0.3 is 0 Å². The van der Waals surface area contributed by atoms with Crippen molar-refractivity contribution in [3.8, 4) is 22.6 Å². The van der Waals surface area contributed by atoms with Crippen molar-refractivity contribution in [3.63, 3.8) is 0 Å². The maximum Gasteiger partial charge on any atom is 0.257 e. The van der Waals surface area contributed by atoms with Crippen LogP contribution in [0.1, 0.15) is 10.4 Å². The molecule has 7 heteroatoms. The quantitative estimate of drug-likeness (QED) is 0.575. The van der Waals surface area contributed by atoms with Gasteiger partial charge in [0, 0.05) is 60.9 Å². The molecule has 0 aliphatic carbocycles. The number of ether oxygens (including phenoxy) is 1. The van der Waals surface area contributed by atoms with Crippen molar-refractivity contribution in [2.45, 2.75) is 0 Å². The average molecular weight is 371 g/mol. The summed E-state index contributed by atoms with van der Waals surface area (Å²) >= 11 is 0. The summed E-state index contributed by atoms with van der Waals surface area (Å²) in [5.74, 6) is 1.04. The molecule has 1 amide bonds. The number of nitrogens with one attached hydrogen (secondary N) is 1. The zero-order valence-corrected chi connectivity index (χ0v) is 15.1. The third-order valence-electron chi connectivity index (χ3n) is 4.02. The number of aryl methyl sites for hydroxylation is 1. The van der Waals surface area contributed by atoms with E-state index in [9.17, 15) is 4.79 Å². The molecule has 0 saturated heterocycles. The first-order valence-corrected chi connectivity index (χ1v) is 8.61. The van der Waals surface area contributed by atoms with Crippen LogP contribution in [0, 0.1) is 0 Å². The van der Waals surface area contributed by atoms with Crippen LogP contribution in [0.2, 0.25) is 0 Å². The number of nitrogens with zero attached hydrogens (tertiary/aromatic N) is 4. The lowest BCUT2D eigenvalue weighted by molar-refractivity contribution is 0.102. The Kier molecular flexibility index (Phi) is 4.79. The SMILES string of the molecule is Cn1cc(-c2cncc(C(=O)Nc3cccc(Oc4ccncc4)c3)c2)cn1. The highest BCUT2D eigenvalue weighted by atomic mass is 16.5. The van der Waals surface area contributed by atoms with Crippen LogP contribution in [-0.4, -0.2) is 25.7 Å². The zero-order chi connectivity index (χ0) is 19.3. The van der Waals surface area contributed by atoms with Crippen molar-refractivity contribution in [2.75, 3.05) is 5.32 Å². The fraction of sp³-hybridized carbons (Fsp3) is 0.0476. The summed E-state index contributed by atoms with van der Waals surface area (Å²) in [6.45, 7) is 0. The van der Waals surface area contributed by atoms with Gasteiger partial charge in [-0.3, -0.25) is 19.4 Å². The molecule has 0 fully saturated rings. The standard InChI is InChI=1S/C21H17N5O2/c1-26-14-17(13-24-26)15-9-16(12-23-11-15)21(27)25-18-3-2-4-20(10-18)28-19-5-7-22-8-6-19/h2-14H,1H3,(H,25,27). The van der Waals surface area contributed by atoms with Gasteiger partial charge in [-0.05, 0) is 30.3 Å². The lowest BCUT2D eigenvalue weighted by atomic mass is 10.1. The molecule has 0 saturated carbocycles. The predicted octanol–water partition coefficient (Wildman–Crippen LogP) is 3.92. The van der Waals surface area contributed by atoms with Crippen LogP contribution in [0.15, 0.2) is 79.6 Å². The predicted molar refractivity (Wildman–Crippen MR) is 105 cm³/mol. The van der Waals surface area contributed by atoms with Crippen LogP contribution in [0.4, 0.5) is 5.69 Å². The number of carbonyl (C=O) groups excluding carboxylic acids is 1. The number of aromatic nitrogens is 4. The molecule has 7 nitrogen and oxygen atoms in total. The third kappa shape index (κ3) is 4.04. The molecule has 3 aromatic heterocycles. The van der Waals surface area contributed by atoms with Crippen molar-refractivity contribution < 1.29 is 9.53 Å². The number of anilines is 1. The first kappa shape index (κ1) is 17.4. The van der Waals surface area contributed by atoms with Crippen molar-refractivity contribution in [2.24, 2.45) is 7.05 Å². The second-order valence-corrected chi connectivity index (χ2v) is 6.13. The zero-order valence-electron chi connectivity index (χ0n) is 15.1. The van der Waals surface area contributed by atoms with E-state index in [0.717, 1.165) is 11.1 Å². The second kappa shape index (κ2) is 7.71. The van der Waals surface area contributed by atoms with E-state index in [-0.39, 0.29) is 5.91 Å². The van der Waals surface area contributed by atoms with Crippen LogP contribution in [0.3, 0.4) is 0 Å². The van der Waals surface area contributed by atoms with Gasteiger partial charge in [0.1, 0.15) is 11.5 Å². The molecular weight excluding hydrogens is 354 g/mol. The van der Waals surface area contributed by atoms with E-state index in [1.165, 1.54) is 6.20 Å². The first-order chi connectivity index (χ1) is 13.7. The number of amides is 1. The molecule has 1 N–H and O–H groups in total. The molecule has 4 aromatic rings. The molecule has 0 unspecified atom stereocenters. The van der Waals surface area contributed by atoms with Gasteiger partial charge < -0.3 is 10.1 Å². The molecule has 138 valence electrons. The number of hydrogen-bond acceptors (Lipinski definition) is 5. The van der Waals surface area contributed by atoms with Crippen LogP contribution in [0.25, 0.3) is 11.1 Å². The molecule has 0 radical (unpaired) electrons. The summed E-state index contributed by atoms with van der Waals surface area (Å²) in [6, 6.07) is 12.5. The average Bonchev–Trinajstić information content (AvgIpc) is 3.16. The highest BCUT2D eigenvalue weighted by Crippen LogP contribution is 2.24. The largest absolute Gasteiger partial charge is 0.457 e. The van der Waals surface area contributed by atoms with Gasteiger partial charge in [0.25, 0.3) is 5.91 Å². The highest BCUT2D eigenvalue weighted by molar-refractivity contribution is 6.04. The third-order valence-corrected chi connectivity index (χ3v) is 4.02. The van der Waals surface area contributed by atoms with E-state index in [2.05, 4.69) is 20.4 Å². The second-order valence-electron chi connectivity index (χ2n) is 6.13. The summed E-state index contributed by atoms with van der Waals surface area (Å²) in [5.41, 5.74) is 2.82. The smallest absolute Gasteiger partial charge is 0.257 e. The Morgan fingerprint density at radius 1 is 0.964 bits per heavy atom. The van der Waals surface area contributed by atoms with Gasteiger partial charge in [-0.15, -0.1) is 0 Å².